The first-order valence-corrected chi connectivity index (χ1v) is 12.5. The third kappa shape index (κ3) is 12.3. The fraction of sp³-hybridized carbons (Fsp3) is 0.367. The van der Waals surface area contributed by atoms with E-state index in [4.69, 9.17) is 21.2 Å². The predicted molar refractivity (Wildman–Crippen MR) is 156 cm³/mol. The SMILES string of the molecule is CC.CC.CCC(=N)/C(=C\C=C(C)C)NCc1cccc(C(N)=O)c1N=C(C)c1ccccc1.CO. The van der Waals surface area contributed by atoms with Gasteiger partial charge in [0.25, 0.3) is 5.91 Å². The predicted octanol–water partition coefficient (Wildman–Crippen LogP) is 6.96. The summed E-state index contributed by atoms with van der Waals surface area (Å²) in [6.07, 6.45) is 4.51. The molecule has 0 aliphatic rings. The molecule has 0 radical (unpaired) electrons. The Hall–Kier alpha value is -3.51. The number of nitrogens with zero attached hydrogens (tertiary/aromatic N) is 1. The van der Waals surface area contributed by atoms with Gasteiger partial charge in [0.1, 0.15) is 0 Å². The average molecular weight is 495 g/mol. The number of nitrogens with two attached hydrogens (primary N) is 1. The van der Waals surface area contributed by atoms with Crippen LogP contribution in [0.1, 0.15) is 83.3 Å². The molecule has 0 aromatic heterocycles. The number of nitrogens with one attached hydrogen (secondary N) is 2. The molecule has 6 heteroatoms. The lowest BCUT2D eigenvalue weighted by Crippen LogP contribution is -2.20. The van der Waals surface area contributed by atoms with Gasteiger partial charge in [-0.1, -0.05) is 88.7 Å². The fourth-order valence-corrected chi connectivity index (χ4v) is 2.87. The number of primary amides is 1. The Morgan fingerprint density at radius 1 is 0.972 bits per heavy atom. The molecule has 0 heterocycles. The Bertz CT molecular complexity index is 1000. The topological polar surface area (TPSA) is 112 Å². The zero-order valence-corrected chi connectivity index (χ0v) is 23.6. The summed E-state index contributed by atoms with van der Waals surface area (Å²) in [5, 5.41) is 18.6. The number of carbonyl (C=O) groups is 1. The van der Waals surface area contributed by atoms with Crippen LogP contribution in [0, 0.1) is 5.41 Å². The highest BCUT2D eigenvalue weighted by molar-refractivity contribution is 6.04. The molecular weight excluding hydrogens is 448 g/mol. The van der Waals surface area contributed by atoms with E-state index in [1.807, 2.05) is 104 Å². The molecule has 0 unspecified atom stereocenters. The maximum Gasteiger partial charge on any atom is 0.250 e. The molecular formula is C30H46N4O2. The molecule has 0 atom stereocenters. The highest BCUT2D eigenvalue weighted by atomic mass is 16.2. The Balaban J connectivity index is 0. The summed E-state index contributed by atoms with van der Waals surface area (Å²) in [6.45, 7) is 16.3. The van der Waals surface area contributed by atoms with Crippen molar-refractivity contribution in [2.45, 2.75) is 68.4 Å². The number of carbonyl (C=O) groups excluding carboxylic acids is 1. The van der Waals surface area contributed by atoms with E-state index in [1.54, 1.807) is 12.1 Å². The van der Waals surface area contributed by atoms with Crippen molar-refractivity contribution in [1.82, 2.24) is 5.32 Å². The summed E-state index contributed by atoms with van der Waals surface area (Å²) in [4.78, 5) is 16.8. The van der Waals surface area contributed by atoms with Crippen molar-refractivity contribution in [3.05, 3.63) is 88.6 Å². The summed E-state index contributed by atoms with van der Waals surface area (Å²) in [5.74, 6) is -0.516. The smallest absolute Gasteiger partial charge is 0.250 e. The van der Waals surface area contributed by atoms with Crippen molar-refractivity contribution in [3.63, 3.8) is 0 Å². The number of hydrogen-bond acceptors (Lipinski definition) is 5. The zero-order chi connectivity index (χ0) is 28.1. The van der Waals surface area contributed by atoms with Crippen LogP contribution >= 0.6 is 0 Å². The Morgan fingerprint density at radius 3 is 2.06 bits per heavy atom. The summed E-state index contributed by atoms with van der Waals surface area (Å²) >= 11 is 0. The Labute approximate surface area is 218 Å². The lowest BCUT2D eigenvalue weighted by molar-refractivity contribution is 0.100. The molecule has 0 aliphatic carbocycles. The second-order valence-electron chi connectivity index (χ2n) is 7.25. The van der Waals surface area contributed by atoms with Crippen LogP contribution in [0.5, 0.6) is 0 Å². The molecule has 6 nitrogen and oxygen atoms in total. The number of para-hydroxylation sites is 1. The van der Waals surface area contributed by atoms with Gasteiger partial charge in [-0.3, -0.25) is 9.79 Å². The Morgan fingerprint density at radius 2 is 1.56 bits per heavy atom. The molecule has 0 bridgehead atoms. The maximum atomic E-state index is 12.0. The standard InChI is InChI=1S/C25H30N4O.2C2H6.CH4O/c1-5-22(26)23(15-14-17(2)3)28-16-20-12-9-13-21(25(27)30)24(20)29-18(4)19-10-7-6-8-11-19;3*1-2/h6-15,26,28H,5,16H2,1-4H3,(H2,27,30);2*1-2H3;2H,1H3/b23-15+,26-22?,29-18?;;;. The highest BCUT2D eigenvalue weighted by Crippen LogP contribution is 2.26. The van der Waals surface area contributed by atoms with E-state index in [0.717, 1.165) is 35.2 Å². The zero-order valence-electron chi connectivity index (χ0n) is 23.6. The number of benzene rings is 2. The van der Waals surface area contributed by atoms with Crippen LogP contribution in [0.3, 0.4) is 0 Å². The van der Waals surface area contributed by atoms with Crippen LogP contribution in [-0.2, 0) is 6.54 Å². The maximum absolute atomic E-state index is 12.0. The third-order valence-corrected chi connectivity index (χ3v) is 4.59. The molecule has 2 aromatic rings. The van der Waals surface area contributed by atoms with Crippen LogP contribution in [0.25, 0.3) is 0 Å². The van der Waals surface area contributed by atoms with Crippen LogP contribution in [0.15, 0.2) is 76.9 Å². The van der Waals surface area contributed by atoms with Crippen LogP contribution in [0.2, 0.25) is 0 Å². The van der Waals surface area contributed by atoms with Gasteiger partial charge in [-0.05, 0) is 50.5 Å². The van der Waals surface area contributed by atoms with Crippen molar-refractivity contribution >= 4 is 23.0 Å². The van der Waals surface area contributed by atoms with E-state index >= 15 is 0 Å². The van der Waals surface area contributed by atoms with Gasteiger partial charge in [0, 0.05) is 19.4 Å². The van der Waals surface area contributed by atoms with Gasteiger partial charge in [0.15, 0.2) is 0 Å². The third-order valence-electron chi connectivity index (χ3n) is 4.59. The minimum absolute atomic E-state index is 0.380. The normalized spacial score (nSPS) is 10.3. The molecule has 0 saturated heterocycles. The van der Waals surface area contributed by atoms with Crippen molar-refractivity contribution in [2.75, 3.05) is 7.11 Å². The summed E-state index contributed by atoms with van der Waals surface area (Å²) in [6, 6.07) is 15.2. The second kappa shape index (κ2) is 20.8. The van der Waals surface area contributed by atoms with Crippen molar-refractivity contribution in [3.8, 4) is 0 Å². The van der Waals surface area contributed by atoms with E-state index in [0.29, 0.717) is 29.9 Å². The second-order valence-corrected chi connectivity index (χ2v) is 7.25. The van der Waals surface area contributed by atoms with Gasteiger partial charge >= 0.3 is 0 Å². The number of amides is 1. The first kappa shape index (κ1) is 34.7. The van der Waals surface area contributed by atoms with Crippen molar-refractivity contribution < 1.29 is 9.90 Å². The molecule has 0 aliphatic heterocycles. The molecule has 5 N–H and O–H groups in total. The molecule has 36 heavy (non-hydrogen) atoms. The van der Waals surface area contributed by atoms with E-state index in [1.165, 1.54) is 0 Å². The first-order valence-electron chi connectivity index (χ1n) is 12.5. The van der Waals surface area contributed by atoms with E-state index in [2.05, 4.69) is 5.32 Å². The number of aliphatic hydroxyl groups excluding tert-OH is 1. The molecule has 0 spiro atoms. The quantitative estimate of drug-likeness (QED) is 0.223. The minimum Gasteiger partial charge on any atom is -0.400 e. The largest absolute Gasteiger partial charge is 0.400 e. The van der Waals surface area contributed by atoms with Gasteiger partial charge < -0.3 is 21.6 Å². The van der Waals surface area contributed by atoms with Gasteiger partial charge in [0.2, 0.25) is 0 Å². The van der Waals surface area contributed by atoms with Gasteiger partial charge in [-0.15, -0.1) is 0 Å². The summed E-state index contributed by atoms with van der Waals surface area (Å²) in [7, 11) is 1.00. The molecule has 1 amide bonds. The number of allylic oxidation sites excluding steroid dienone is 4. The minimum atomic E-state index is -0.516. The van der Waals surface area contributed by atoms with Crippen molar-refractivity contribution in [2.24, 2.45) is 10.7 Å². The highest BCUT2D eigenvalue weighted by Gasteiger charge is 2.14. The first-order chi connectivity index (χ1) is 17.3. The molecule has 2 rings (SSSR count). The van der Waals surface area contributed by atoms with Gasteiger partial charge in [0.05, 0.1) is 22.7 Å². The van der Waals surface area contributed by atoms with E-state index < -0.39 is 5.91 Å². The van der Waals surface area contributed by atoms with Crippen LogP contribution < -0.4 is 11.1 Å². The molecule has 198 valence electrons. The lowest BCUT2D eigenvalue weighted by Gasteiger charge is -2.15. The lowest BCUT2D eigenvalue weighted by atomic mass is 10.0. The Kier molecular flexibility index (Phi) is 20.1. The van der Waals surface area contributed by atoms with Crippen molar-refractivity contribution in [1.29, 1.82) is 5.41 Å². The summed E-state index contributed by atoms with van der Waals surface area (Å²) < 4.78 is 0. The number of hydrogen-bond donors (Lipinski definition) is 4. The number of aliphatic imine (C=N–C) groups is 1. The van der Waals surface area contributed by atoms with Gasteiger partial charge in [-0.2, -0.15) is 0 Å². The molecule has 0 fully saturated rings. The van der Waals surface area contributed by atoms with Crippen LogP contribution in [-0.4, -0.2) is 29.5 Å². The number of rotatable bonds is 9. The average Bonchev–Trinajstić information content (AvgIpc) is 2.92. The monoisotopic (exact) mass is 494 g/mol. The molecule has 2 aromatic carbocycles. The van der Waals surface area contributed by atoms with E-state index in [-0.39, 0.29) is 0 Å². The fourth-order valence-electron chi connectivity index (χ4n) is 2.87. The molecule has 0 saturated carbocycles. The summed E-state index contributed by atoms with van der Waals surface area (Å²) in [5.41, 5.74) is 11.6. The number of aliphatic hydroxyl groups is 1. The van der Waals surface area contributed by atoms with Gasteiger partial charge in [-0.25, -0.2) is 0 Å². The van der Waals surface area contributed by atoms with E-state index in [9.17, 15) is 4.79 Å². The van der Waals surface area contributed by atoms with Crippen LogP contribution in [0.4, 0.5) is 5.69 Å².